The second-order valence-electron chi connectivity index (χ2n) is 6.06. The van der Waals surface area contributed by atoms with Crippen LogP contribution in [0.2, 0.25) is 0 Å². The zero-order chi connectivity index (χ0) is 13.9. The van der Waals surface area contributed by atoms with Crippen LogP contribution < -0.4 is 5.73 Å². The van der Waals surface area contributed by atoms with E-state index in [-0.39, 0.29) is 5.54 Å². The van der Waals surface area contributed by atoms with Gasteiger partial charge in [-0.25, -0.2) is 9.67 Å². The number of rotatable bonds is 5. The molecule has 1 aliphatic carbocycles. The van der Waals surface area contributed by atoms with Gasteiger partial charge in [-0.2, -0.15) is 5.10 Å². The van der Waals surface area contributed by atoms with Gasteiger partial charge >= 0.3 is 0 Å². The summed E-state index contributed by atoms with van der Waals surface area (Å²) in [6.45, 7) is 5.84. The summed E-state index contributed by atoms with van der Waals surface area (Å²) in [4.78, 5) is 6.80. The predicted octanol–water partition coefficient (Wildman–Crippen LogP) is 1.95. The van der Waals surface area contributed by atoms with E-state index in [4.69, 9.17) is 5.73 Å². The molecule has 19 heavy (non-hydrogen) atoms. The molecule has 1 aromatic heterocycles. The lowest BCUT2D eigenvalue weighted by Crippen LogP contribution is -2.53. The molecule has 5 nitrogen and oxygen atoms in total. The van der Waals surface area contributed by atoms with Gasteiger partial charge in [-0.3, -0.25) is 4.90 Å². The average molecular weight is 265 g/mol. The zero-order valence-corrected chi connectivity index (χ0v) is 12.5. The second-order valence-corrected chi connectivity index (χ2v) is 6.06. The highest BCUT2D eigenvalue weighted by Crippen LogP contribution is 2.32. The molecule has 2 rings (SSSR count). The molecule has 0 amide bonds. The fourth-order valence-electron chi connectivity index (χ4n) is 3.15. The summed E-state index contributed by atoms with van der Waals surface area (Å²) < 4.78 is 2.00. The van der Waals surface area contributed by atoms with Crippen molar-refractivity contribution >= 4 is 0 Å². The van der Waals surface area contributed by atoms with Gasteiger partial charge in [-0.05, 0) is 33.7 Å². The average Bonchev–Trinajstić information content (AvgIpc) is 2.87. The maximum Gasteiger partial charge on any atom is 0.141 e. The third kappa shape index (κ3) is 2.98. The molecule has 1 saturated carbocycles. The minimum absolute atomic E-state index is 0.159. The molecule has 0 aliphatic heterocycles. The van der Waals surface area contributed by atoms with E-state index < -0.39 is 0 Å². The van der Waals surface area contributed by atoms with E-state index in [1.54, 1.807) is 6.33 Å². The van der Waals surface area contributed by atoms with Gasteiger partial charge in [-0.15, -0.1) is 0 Å². The van der Waals surface area contributed by atoms with E-state index >= 15 is 0 Å². The van der Waals surface area contributed by atoms with Crippen LogP contribution in [0.5, 0.6) is 0 Å². The maximum absolute atomic E-state index is 6.08. The molecule has 0 atom stereocenters. The van der Waals surface area contributed by atoms with Crippen molar-refractivity contribution < 1.29 is 0 Å². The first-order valence-electron chi connectivity index (χ1n) is 7.39. The molecule has 0 aromatic carbocycles. The lowest BCUT2D eigenvalue weighted by Gasteiger charge is -2.44. The van der Waals surface area contributed by atoms with Gasteiger partial charge in [-0.1, -0.05) is 19.3 Å². The Hall–Kier alpha value is -0.940. The molecule has 0 bridgehead atoms. The highest BCUT2D eigenvalue weighted by atomic mass is 15.4. The number of nitrogens with zero attached hydrogens (tertiary/aromatic N) is 4. The van der Waals surface area contributed by atoms with Crippen LogP contribution >= 0.6 is 0 Å². The molecule has 0 spiro atoms. The van der Waals surface area contributed by atoms with Crippen LogP contribution in [0.25, 0.3) is 0 Å². The quantitative estimate of drug-likeness (QED) is 0.884. The minimum Gasteiger partial charge on any atom is -0.329 e. The predicted molar refractivity (Wildman–Crippen MR) is 76.7 cm³/mol. The van der Waals surface area contributed by atoms with Crippen LogP contribution in [0.4, 0.5) is 0 Å². The Bertz CT molecular complexity index is 392. The minimum atomic E-state index is 0.159. The smallest absolute Gasteiger partial charge is 0.141 e. The fourth-order valence-corrected chi connectivity index (χ4v) is 3.15. The highest BCUT2D eigenvalue weighted by molar-refractivity contribution is 4.96. The molecule has 0 radical (unpaired) electrons. The maximum atomic E-state index is 6.08. The summed E-state index contributed by atoms with van der Waals surface area (Å²) in [6, 6.07) is 0.353. The van der Waals surface area contributed by atoms with Crippen LogP contribution in [0.1, 0.15) is 57.8 Å². The molecule has 1 heterocycles. The Balaban J connectivity index is 2.10. The lowest BCUT2D eigenvalue weighted by atomic mass is 9.80. The van der Waals surface area contributed by atoms with Gasteiger partial charge in [0, 0.05) is 18.1 Å². The van der Waals surface area contributed by atoms with Gasteiger partial charge in [0.25, 0.3) is 0 Å². The SMILES string of the molecule is CC(C)n1ncnc1CN(C)C1(CN)CCCCC1. The Morgan fingerprint density at radius 1 is 1.37 bits per heavy atom. The Labute approximate surface area is 116 Å². The van der Waals surface area contributed by atoms with Gasteiger partial charge in [0.2, 0.25) is 0 Å². The Morgan fingerprint density at radius 2 is 2.05 bits per heavy atom. The van der Waals surface area contributed by atoms with Gasteiger partial charge < -0.3 is 5.73 Å². The highest BCUT2D eigenvalue weighted by Gasteiger charge is 2.35. The Morgan fingerprint density at radius 3 is 2.63 bits per heavy atom. The first-order chi connectivity index (χ1) is 9.09. The molecule has 2 N–H and O–H groups in total. The summed E-state index contributed by atoms with van der Waals surface area (Å²) in [5.74, 6) is 1.04. The number of nitrogens with two attached hydrogens (primary N) is 1. The molecular formula is C14H27N5. The largest absolute Gasteiger partial charge is 0.329 e. The normalized spacial score (nSPS) is 19.3. The lowest BCUT2D eigenvalue weighted by molar-refractivity contribution is 0.0718. The fraction of sp³-hybridized carbons (Fsp3) is 0.857. The molecular weight excluding hydrogens is 238 g/mol. The van der Waals surface area contributed by atoms with Crippen LogP contribution in [-0.2, 0) is 6.54 Å². The van der Waals surface area contributed by atoms with E-state index in [1.807, 2.05) is 4.68 Å². The van der Waals surface area contributed by atoms with E-state index in [0.29, 0.717) is 6.04 Å². The third-order valence-corrected chi connectivity index (χ3v) is 4.49. The molecule has 0 saturated heterocycles. The van der Waals surface area contributed by atoms with Gasteiger partial charge in [0.15, 0.2) is 0 Å². The summed E-state index contributed by atoms with van der Waals surface area (Å²) in [6.07, 6.45) is 7.99. The van der Waals surface area contributed by atoms with Crippen molar-refractivity contribution in [1.82, 2.24) is 19.7 Å². The zero-order valence-electron chi connectivity index (χ0n) is 12.5. The van der Waals surface area contributed by atoms with Crippen molar-refractivity contribution in [3.05, 3.63) is 12.2 Å². The monoisotopic (exact) mass is 265 g/mol. The van der Waals surface area contributed by atoms with Crippen molar-refractivity contribution in [2.24, 2.45) is 5.73 Å². The standard InChI is InChI=1S/C14H27N5/c1-12(2)19-13(16-11-17-19)9-18(3)14(10-15)7-5-4-6-8-14/h11-12H,4-10,15H2,1-3H3. The molecule has 0 unspecified atom stereocenters. The molecule has 108 valence electrons. The van der Waals surface area contributed by atoms with E-state index in [2.05, 4.69) is 35.9 Å². The number of hydrogen-bond acceptors (Lipinski definition) is 4. The molecule has 1 aliphatic rings. The van der Waals surface area contributed by atoms with Crippen LogP contribution in [0, 0.1) is 0 Å². The van der Waals surface area contributed by atoms with Crippen molar-refractivity contribution in [2.45, 2.75) is 64.1 Å². The summed E-state index contributed by atoms with van der Waals surface area (Å²) in [5, 5.41) is 4.31. The number of aromatic nitrogens is 3. The van der Waals surface area contributed by atoms with Gasteiger partial charge in [0.1, 0.15) is 12.2 Å². The van der Waals surface area contributed by atoms with Crippen LogP contribution in [0.15, 0.2) is 6.33 Å². The van der Waals surface area contributed by atoms with Gasteiger partial charge in [0.05, 0.1) is 6.54 Å². The summed E-state index contributed by atoms with van der Waals surface area (Å²) in [7, 11) is 2.18. The summed E-state index contributed by atoms with van der Waals surface area (Å²) >= 11 is 0. The van der Waals surface area contributed by atoms with Crippen molar-refractivity contribution in [3.63, 3.8) is 0 Å². The van der Waals surface area contributed by atoms with Crippen molar-refractivity contribution in [3.8, 4) is 0 Å². The van der Waals surface area contributed by atoms with Crippen molar-refractivity contribution in [1.29, 1.82) is 0 Å². The van der Waals surface area contributed by atoms with E-state index in [0.717, 1.165) is 18.9 Å². The van der Waals surface area contributed by atoms with E-state index in [9.17, 15) is 0 Å². The Kier molecular flexibility index (Phi) is 4.58. The third-order valence-electron chi connectivity index (χ3n) is 4.49. The molecule has 1 aromatic rings. The van der Waals surface area contributed by atoms with Crippen LogP contribution in [-0.4, -0.2) is 38.8 Å². The number of hydrogen-bond donors (Lipinski definition) is 1. The van der Waals surface area contributed by atoms with Crippen LogP contribution in [0.3, 0.4) is 0 Å². The van der Waals surface area contributed by atoms with E-state index in [1.165, 1.54) is 32.1 Å². The summed E-state index contributed by atoms with van der Waals surface area (Å²) in [5.41, 5.74) is 6.24. The second kappa shape index (κ2) is 6.01. The first-order valence-corrected chi connectivity index (χ1v) is 7.39. The van der Waals surface area contributed by atoms with Crippen molar-refractivity contribution in [2.75, 3.05) is 13.6 Å². The molecule has 5 heteroatoms. The first kappa shape index (κ1) is 14.5. The molecule has 1 fully saturated rings. The topological polar surface area (TPSA) is 60.0 Å². The number of likely N-dealkylation sites (N-methyl/N-ethyl adjacent to an activating group) is 1.